The van der Waals surface area contributed by atoms with Crippen molar-refractivity contribution in [1.82, 2.24) is 14.5 Å². The van der Waals surface area contributed by atoms with Crippen LogP contribution in [0.3, 0.4) is 0 Å². The van der Waals surface area contributed by atoms with Crippen LogP contribution in [0.4, 0.5) is 0 Å². The Morgan fingerprint density at radius 3 is 2.62 bits per heavy atom. The van der Waals surface area contributed by atoms with E-state index in [1.54, 1.807) is 4.31 Å². The highest BCUT2D eigenvalue weighted by Gasteiger charge is 2.32. The molecule has 0 aromatic rings. The van der Waals surface area contributed by atoms with Crippen molar-refractivity contribution in [3.8, 4) is 0 Å². The van der Waals surface area contributed by atoms with Gasteiger partial charge in [0.1, 0.15) is 0 Å². The number of rotatable bonds is 6. The van der Waals surface area contributed by atoms with E-state index in [1.807, 2.05) is 0 Å². The van der Waals surface area contributed by atoms with E-state index in [4.69, 9.17) is 4.99 Å². The molecule has 0 bridgehead atoms. The average Bonchev–Trinajstić information content (AvgIpc) is 3.00. The Bertz CT molecular complexity index is 566. The normalized spacial score (nSPS) is 28.1. The molecule has 0 amide bonds. The molecule has 2 aliphatic heterocycles. The standard InChI is InChI=1S/C18H36N4O2S.HI/c1-5-9-18(3)10-7-11-21(15-18)17(19-6-2)20-13-16-8-12-22(14-16)25(4,23)24;/h16H,5-15H2,1-4H3,(H,19,20);1H. The zero-order valence-electron chi connectivity index (χ0n) is 16.8. The number of piperidine rings is 1. The van der Waals surface area contributed by atoms with E-state index in [9.17, 15) is 8.42 Å². The summed E-state index contributed by atoms with van der Waals surface area (Å²) in [5.74, 6) is 1.33. The SMILES string of the molecule is CCCC1(C)CCCN(C(=NCC2CCN(S(C)(=O)=O)C2)NCC)C1.I. The molecule has 154 valence electrons. The van der Waals surface area contributed by atoms with Crippen molar-refractivity contribution >= 4 is 40.0 Å². The molecule has 0 aromatic carbocycles. The highest BCUT2D eigenvalue weighted by atomic mass is 127. The summed E-state index contributed by atoms with van der Waals surface area (Å²) in [7, 11) is -3.07. The van der Waals surface area contributed by atoms with E-state index in [0.29, 0.717) is 31.0 Å². The van der Waals surface area contributed by atoms with Crippen LogP contribution in [0.2, 0.25) is 0 Å². The van der Waals surface area contributed by atoms with E-state index in [1.165, 1.54) is 31.9 Å². The molecule has 2 rings (SSSR count). The highest BCUT2D eigenvalue weighted by molar-refractivity contribution is 14.0. The van der Waals surface area contributed by atoms with Crippen LogP contribution in [0.1, 0.15) is 52.9 Å². The number of sulfonamides is 1. The van der Waals surface area contributed by atoms with E-state index in [-0.39, 0.29) is 24.0 Å². The fraction of sp³-hybridized carbons (Fsp3) is 0.944. The largest absolute Gasteiger partial charge is 0.357 e. The molecule has 2 heterocycles. The van der Waals surface area contributed by atoms with Crippen LogP contribution >= 0.6 is 24.0 Å². The number of hydrogen-bond donors (Lipinski definition) is 1. The Morgan fingerprint density at radius 1 is 1.31 bits per heavy atom. The van der Waals surface area contributed by atoms with Crippen molar-refractivity contribution < 1.29 is 8.42 Å². The predicted molar refractivity (Wildman–Crippen MR) is 120 cm³/mol. The fourth-order valence-corrected chi connectivity index (χ4v) is 5.11. The molecule has 0 radical (unpaired) electrons. The van der Waals surface area contributed by atoms with Gasteiger partial charge in [0.25, 0.3) is 0 Å². The molecule has 2 atom stereocenters. The van der Waals surface area contributed by atoms with Crippen LogP contribution < -0.4 is 5.32 Å². The second-order valence-corrected chi connectivity index (χ2v) is 10.0. The molecule has 6 nitrogen and oxygen atoms in total. The third-order valence-electron chi connectivity index (χ3n) is 5.49. The smallest absolute Gasteiger partial charge is 0.211 e. The van der Waals surface area contributed by atoms with Gasteiger partial charge in [-0.15, -0.1) is 24.0 Å². The van der Waals surface area contributed by atoms with Crippen molar-refractivity contribution in [2.24, 2.45) is 16.3 Å². The van der Waals surface area contributed by atoms with Gasteiger partial charge in [0, 0.05) is 39.3 Å². The molecular formula is C18H37IN4O2S. The minimum absolute atomic E-state index is 0. The van der Waals surface area contributed by atoms with Gasteiger partial charge in [0.15, 0.2) is 5.96 Å². The van der Waals surface area contributed by atoms with Crippen LogP contribution in [-0.2, 0) is 10.0 Å². The van der Waals surface area contributed by atoms with E-state index >= 15 is 0 Å². The Morgan fingerprint density at radius 2 is 2.04 bits per heavy atom. The van der Waals surface area contributed by atoms with Crippen LogP contribution in [0.25, 0.3) is 0 Å². The number of hydrogen-bond acceptors (Lipinski definition) is 3. The second-order valence-electron chi connectivity index (χ2n) is 8.06. The summed E-state index contributed by atoms with van der Waals surface area (Å²) >= 11 is 0. The zero-order chi connectivity index (χ0) is 18.5. The topological polar surface area (TPSA) is 65.0 Å². The lowest BCUT2D eigenvalue weighted by molar-refractivity contribution is 0.142. The third kappa shape index (κ3) is 6.82. The number of halogens is 1. The number of nitrogens with one attached hydrogen (secondary N) is 1. The number of likely N-dealkylation sites (tertiary alicyclic amines) is 1. The molecule has 26 heavy (non-hydrogen) atoms. The van der Waals surface area contributed by atoms with Gasteiger partial charge >= 0.3 is 0 Å². The van der Waals surface area contributed by atoms with Crippen LogP contribution in [0.15, 0.2) is 4.99 Å². The average molecular weight is 500 g/mol. The number of aliphatic imine (C=N–C) groups is 1. The number of guanidine groups is 1. The van der Waals surface area contributed by atoms with Gasteiger partial charge in [0.05, 0.1) is 6.26 Å². The Kier molecular flexibility index (Phi) is 9.63. The lowest BCUT2D eigenvalue weighted by Gasteiger charge is -2.42. The third-order valence-corrected chi connectivity index (χ3v) is 6.76. The summed E-state index contributed by atoms with van der Waals surface area (Å²) in [6.07, 6.45) is 7.19. The maximum absolute atomic E-state index is 11.7. The molecule has 2 aliphatic rings. The zero-order valence-corrected chi connectivity index (χ0v) is 20.0. The molecule has 2 unspecified atom stereocenters. The van der Waals surface area contributed by atoms with Gasteiger partial charge in [-0.25, -0.2) is 12.7 Å². The summed E-state index contributed by atoms with van der Waals surface area (Å²) in [5.41, 5.74) is 0.379. The first-order chi connectivity index (χ1) is 11.8. The van der Waals surface area contributed by atoms with Gasteiger partial charge in [-0.2, -0.15) is 0 Å². The minimum atomic E-state index is -3.07. The van der Waals surface area contributed by atoms with Gasteiger partial charge in [-0.3, -0.25) is 4.99 Å². The maximum atomic E-state index is 11.7. The summed E-state index contributed by atoms with van der Waals surface area (Å²) in [5, 5.41) is 3.44. The van der Waals surface area contributed by atoms with Crippen LogP contribution in [-0.4, -0.2) is 69.1 Å². The van der Waals surface area contributed by atoms with Gasteiger partial charge in [-0.05, 0) is 43.9 Å². The lowest BCUT2D eigenvalue weighted by atomic mass is 9.78. The van der Waals surface area contributed by atoms with Gasteiger partial charge in [0.2, 0.25) is 10.0 Å². The first kappa shape index (κ1) is 23.9. The molecule has 0 spiro atoms. The van der Waals surface area contributed by atoms with Crippen molar-refractivity contribution in [2.75, 3.05) is 45.5 Å². The number of nitrogens with zero attached hydrogens (tertiary/aromatic N) is 3. The molecule has 0 aromatic heterocycles. The Labute approximate surface area is 177 Å². The summed E-state index contributed by atoms with van der Waals surface area (Å²) in [6.45, 7) is 11.7. The summed E-state index contributed by atoms with van der Waals surface area (Å²) in [6, 6.07) is 0. The fourth-order valence-electron chi connectivity index (χ4n) is 4.19. The van der Waals surface area contributed by atoms with E-state index in [2.05, 4.69) is 31.0 Å². The molecule has 8 heteroatoms. The van der Waals surface area contributed by atoms with Crippen molar-refractivity contribution in [2.45, 2.75) is 52.9 Å². The van der Waals surface area contributed by atoms with E-state index in [0.717, 1.165) is 32.0 Å². The Balaban J connectivity index is 0.00000338. The Hall–Kier alpha value is -0.0900. The second kappa shape index (κ2) is 10.5. The summed E-state index contributed by atoms with van der Waals surface area (Å²) in [4.78, 5) is 7.28. The van der Waals surface area contributed by atoms with E-state index < -0.39 is 10.0 Å². The molecule has 0 saturated carbocycles. The molecule has 1 N–H and O–H groups in total. The highest BCUT2D eigenvalue weighted by Crippen LogP contribution is 2.34. The van der Waals surface area contributed by atoms with Crippen molar-refractivity contribution in [3.05, 3.63) is 0 Å². The lowest BCUT2D eigenvalue weighted by Crippen LogP contribution is -2.50. The van der Waals surface area contributed by atoms with Crippen LogP contribution in [0, 0.1) is 11.3 Å². The van der Waals surface area contributed by atoms with Gasteiger partial charge < -0.3 is 10.2 Å². The first-order valence-corrected chi connectivity index (χ1v) is 11.6. The molecule has 0 aliphatic carbocycles. The maximum Gasteiger partial charge on any atom is 0.211 e. The monoisotopic (exact) mass is 500 g/mol. The molecular weight excluding hydrogens is 463 g/mol. The van der Waals surface area contributed by atoms with Crippen LogP contribution in [0.5, 0.6) is 0 Å². The summed E-state index contributed by atoms with van der Waals surface area (Å²) < 4.78 is 24.9. The molecule has 2 fully saturated rings. The minimum Gasteiger partial charge on any atom is -0.357 e. The first-order valence-electron chi connectivity index (χ1n) is 9.76. The molecule has 2 saturated heterocycles. The van der Waals surface area contributed by atoms with Gasteiger partial charge in [-0.1, -0.05) is 20.3 Å². The van der Waals surface area contributed by atoms with Crippen molar-refractivity contribution in [1.29, 1.82) is 0 Å². The predicted octanol–water partition coefficient (Wildman–Crippen LogP) is 2.75. The quantitative estimate of drug-likeness (QED) is 0.346. The van der Waals surface area contributed by atoms with Crippen molar-refractivity contribution in [3.63, 3.8) is 0 Å².